The van der Waals surface area contributed by atoms with Crippen LogP contribution >= 0.6 is 17.2 Å². The second kappa shape index (κ2) is 8.14. The summed E-state index contributed by atoms with van der Waals surface area (Å²) in [6.07, 6.45) is 6.53. The van der Waals surface area contributed by atoms with Crippen molar-refractivity contribution in [2.24, 2.45) is 5.41 Å². The second-order valence-corrected chi connectivity index (χ2v) is 14.3. The van der Waals surface area contributed by atoms with Crippen LogP contribution in [0.1, 0.15) is 40.0 Å². The van der Waals surface area contributed by atoms with Crippen molar-refractivity contribution < 1.29 is 15.3 Å². The molecular formula is C14H32ClO3P. The molecule has 0 aromatic carbocycles. The first-order valence-electron chi connectivity index (χ1n) is 7.42. The van der Waals surface area contributed by atoms with Crippen LogP contribution in [0.5, 0.6) is 0 Å². The average molecular weight is 315 g/mol. The van der Waals surface area contributed by atoms with E-state index in [0.29, 0.717) is 6.16 Å². The van der Waals surface area contributed by atoms with Crippen molar-refractivity contribution in [1.29, 1.82) is 0 Å². The normalized spacial score (nSPS) is 15.2. The minimum absolute atomic E-state index is 0.207. The van der Waals surface area contributed by atoms with Crippen LogP contribution in [-0.2, 0) is 0 Å². The van der Waals surface area contributed by atoms with E-state index >= 15 is 0 Å². The molecule has 0 aliphatic rings. The van der Waals surface area contributed by atoms with Gasteiger partial charge in [0.1, 0.15) is 0 Å². The standard InChI is InChI=1S/C14H32ClO3P/c1-4-7-19(15,8-5-2,9-6-3)13-14(10-16,11-17)12-18/h16-18H,4-13H2,1-3H3. The Kier molecular flexibility index (Phi) is 8.40. The summed E-state index contributed by atoms with van der Waals surface area (Å²) in [5, 5.41) is 28.8. The Balaban J connectivity index is 5.43. The van der Waals surface area contributed by atoms with Crippen molar-refractivity contribution >= 4 is 17.2 Å². The van der Waals surface area contributed by atoms with Crippen LogP contribution in [0.3, 0.4) is 0 Å². The van der Waals surface area contributed by atoms with Crippen molar-refractivity contribution in [3.8, 4) is 0 Å². The molecule has 0 unspecified atom stereocenters. The average Bonchev–Trinajstić information content (AvgIpc) is 2.37. The van der Waals surface area contributed by atoms with Crippen LogP contribution in [0.15, 0.2) is 0 Å². The van der Waals surface area contributed by atoms with E-state index in [2.05, 4.69) is 20.8 Å². The van der Waals surface area contributed by atoms with Crippen LogP contribution < -0.4 is 0 Å². The maximum atomic E-state index is 9.60. The van der Waals surface area contributed by atoms with Gasteiger partial charge in [-0.25, -0.2) is 0 Å². The fourth-order valence-electron chi connectivity index (χ4n) is 3.39. The van der Waals surface area contributed by atoms with E-state index < -0.39 is 11.4 Å². The molecule has 3 nitrogen and oxygen atoms in total. The molecule has 5 heteroatoms. The van der Waals surface area contributed by atoms with E-state index in [9.17, 15) is 15.3 Å². The predicted molar refractivity (Wildman–Crippen MR) is 86.8 cm³/mol. The SMILES string of the molecule is CCCP(Cl)(CCC)(CCC)CC(CO)(CO)CO. The van der Waals surface area contributed by atoms with Crippen LogP contribution in [-0.4, -0.2) is 59.8 Å². The topological polar surface area (TPSA) is 60.7 Å². The summed E-state index contributed by atoms with van der Waals surface area (Å²) in [6, 6.07) is 0. The minimum atomic E-state index is -2.49. The first-order chi connectivity index (χ1) is 8.87. The maximum absolute atomic E-state index is 9.60. The van der Waals surface area contributed by atoms with Crippen LogP contribution in [0.2, 0.25) is 0 Å². The van der Waals surface area contributed by atoms with Gasteiger partial charge in [-0.15, -0.1) is 0 Å². The predicted octanol–water partition coefficient (Wildman–Crippen LogP) is 2.89. The summed E-state index contributed by atoms with van der Waals surface area (Å²) in [6.45, 7) is 5.78. The third kappa shape index (κ3) is 5.13. The zero-order valence-corrected chi connectivity index (χ0v) is 14.4. The van der Waals surface area contributed by atoms with Crippen molar-refractivity contribution in [2.45, 2.75) is 40.0 Å². The molecule has 0 aromatic heterocycles. The third-order valence-electron chi connectivity index (χ3n) is 4.08. The quantitative estimate of drug-likeness (QED) is 0.514. The molecule has 3 N–H and O–H groups in total. The number of halogens is 1. The molecule has 0 bridgehead atoms. The van der Waals surface area contributed by atoms with Crippen LogP contribution in [0, 0.1) is 5.41 Å². The molecule has 0 atom stereocenters. The molecule has 19 heavy (non-hydrogen) atoms. The Labute approximate surface area is 123 Å². The Bertz CT molecular complexity index is 229. The van der Waals surface area contributed by atoms with Crippen molar-refractivity contribution in [3.63, 3.8) is 0 Å². The van der Waals surface area contributed by atoms with Crippen molar-refractivity contribution in [3.05, 3.63) is 0 Å². The number of hydrogen-bond donors (Lipinski definition) is 3. The van der Waals surface area contributed by atoms with Gasteiger partial charge in [0, 0.05) is 0 Å². The van der Waals surface area contributed by atoms with Crippen molar-refractivity contribution in [1.82, 2.24) is 0 Å². The van der Waals surface area contributed by atoms with Gasteiger partial charge in [0.25, 0.3) is 0 Å². The summed E-state index contributed by atoms with van der Waals surface area (Å²) in [7, 11) is 0. The Morgan fingerprint density at radius 2 is 1.11 bits per heavy atom. The van der Waals surface area contributed by atoms with E-state index in [1.54, 1.807) is 0 Å². The molecule has 0 aliphatic carbocycles. The monoisotopic (exact) mass is 314 g/mol. The van der Waals surface area contributed by atoms with Gasteiger partial charge >= 0.3 is 122 Å². The van der Waals surface area contributed by atoms with Crippen LogP contribution in [0.25, 0.3) is 0 Å². The third-order valence-corrected chi connectivity index (χ3v) is 12.1. The molecule has 0 fully saturated rings. The van der Waals surface area contributed by atoms with Crippen molar-refractivity contribution in [2.75, 3.05) is 44.5 Å². The Morgan fingerprint density at radius 3 is 1.32 bits per heavy atom. The fourth-order valence-corrected chi connectivity index (χ4v) is 12.1. The number of rotatable bonds is 11. The van der Waals surface area contributed by atoms with E-state index in [1.807, 2.05) is 0 Å². The van der Waals surface area contributed by atoms with Gasteiger partial charge in [-0.2, -0.15) is 0 Å². The molecule has 0 heterocycles. The summed E-state index contributed by atoms with van der Waals surface area (Å²) in [4.78, 5) is 0. The molecule has 0 radical (unpaired) electrons. The van der Waals surface area contributed by atoms with Gasteiger partial charge in [0.15, 0.2) is 0 Å². The van der Waals surface area contributed by atoms with E-state index in [-0.39, 0.29) is 19.8 Å². The first kappa shape index (κ1) is 19.6. The number of aliphatic hydroxyl groups is 3. The van der Waals surface area contributed by atoms with Gasteiger partial charge in [0.05, 0.1) is 0 Å². The van der Waals surface area contributed by atoms with Gasteiger partial charge in [-0.1, -0.05) is 0 Å². The molecule has 0 spiro atoms. The molecule has 0 aliphatic heterocycles. The summed E-state index contributed by atoms with van der Waals surface area (Å²) < 4.78 is 0. The molecule has 0 aromatic rings. The summed E-state index contributed by atoms with van der Waals surface area (Å²) in [5.41, 5.74) is -0.834. The zero-order valence-electron chi connectivity index (χ0n) is 12.7. The van der Waals surface area contributed by atoms with Gasteiger partial charge in [-0.05, 0) is 0 Å². The number of aliphatic hydroxyl groups excluding tert-OH is 3. The Morgan fingerprint density at radius 1 is 0.789 bits per heavy atom. The van der Waals surface area contributed by atoms with E-state index in [4.69, 9.17) is 11.2 Å². The summed E-state index contributed by atoms with van der Waals surface area (Å²) in [5.74, 6) is -2.49. The summed E-state index contributed by atoms with van der Waals surface area (Å²) >= 11 is 7.22. The van der Waals surface area contributed by atoms with E-state index in [0.717, 1.165) is 37.7 Å². The molecule has 0 saturated carbocycles. The van der Waals surface area contributed by atoms with E-state index in [1.165, 1.54) is 0 Å². The second-order valence-electron chi connectivity index (χ2n) is 6.12. The number of hydrogen-bond acceptors (Lipinski definition) is 3. The molecule has 118 valence electrons. The fraction of sp³-hybridized carbons (Fsp3) is 1.00. The van der Waals surface area contributed by atoms with Crippen LogP contribution in [0.4, 0.5) is 0 Å². The molecule has 0 saturated heterocycles. The molecule has 0 amide bonds. The Hall–Kier alpha value is 0.600. The molecular weight excluding hydrogens is 283 g/mol. The first-order valence-corrected chi connectivity index (χ1v) is 11.3. The van der Waals surface area contributed by atoms with Gasteiger partial charge < -0.3 is 0 Å². The van der Waals surface area contributed by atoms with Gasteiger partial charge in [-0.3, -0.25) is 0 Å². The van der Waals surface area contributed by atoms with Gasteiger partial charge in [0.2, 0.25) is 0 Å². The zero-order chi connectivity index (χ0) is 15.0. The molecule has 0 rings (SSSR count).